The van der Waals surface area contributed by atoms with Gasteiger partial charge in [-0.2, -0.15) is 0 Å². The van der Waals surface area contributed by atoms with Crippen LogP contribution in [0.1, 0.15) is 29.8 Å². The summed E-state index contributed by atoms with van der Waals surface area (Å²) < 4.78 is 5.42. The standard InChI is InChI=1S/C18H21N3O2/c1-3-21-11-9-13-7-8-14(12-16(13)21)20-17(22)15-6-5-10-19-18(15)23-4-2/h5-8,10,12H,3-4,9,11H2,1-2H3,(H,20,22). The fraction of sp³-hybridized carbons (Fsp3) is 0.333. The topological polar surface area (TPSA) is 54.5 Å². The van der Waals surface area contributed by atoms with Gasteiger partial charge in [0.15, 0.2) is 0 Å². The van der Waals surface area contributed by atoms with Crippen LogP contribution in [-0.2, 0) is 6.42 Å². The molecule has 0 fully saturated rings. The number of benzene rings is 1. The van der Waals surface area contributed by atoms with E-state index in [0.717, 1.165) is 25.2 Å². The van der Waals surface area contributed by atoms with Crippen molar-refractivity contribution >= 4 is 17.3 Å². The third-order valence-electron chi connectivity index (χ3n) is 4.01. The van der Waals surface area contributed by atoms with E-state index < -0.39 is 0 Å². The van der Waals surface area contributed by atoms with Crippen LogP contribution >= 0.6 is 0 Å². The summed E-state index contributed by atoms with van der Waals surface area (Å²) in [4.78, 5) is 19.0. The third-order valence-corrected chi connectivity index (χ3v) is 4.01. The van der Waals surface area contributed by atoms with Crippen molar-refractivity contribution in [3.05, 3.63) is 47.7 Å². The predicted molar refractivity (Wildman–Crippen MR) is 91.4 cm³/mol. The van der Waals surface area contributed by atoms with Crippen LogP contribution < -0.4 is 15.0 Å². The van der Waals surface area contributed by atoms with Crippen molar-refractivity contribution in [2.45, 2.75) is 20.3 Å². The molecule has 2 heterocycles. The maximum Gasteiger partial charge on any atom is 0.261 e. The van der Waals surface area contributed by atoms with Gasteiger partial charge in [-0.15, -0.1) is 0 Å². The number of fused-ring (bicyclic) bond motifs is 1. The zero-order valence-electron chi connectivity index (χ0n) is 13.5. The highest BCUT2D eigenvalue weighted by Gasteiger charge is 2.19. The first kappa shape index (κ1) is 15.3. The number of anilines is 2. The van der Waals surface area contributed by atoms with Crippen LogP contribution in [0.5, 0.6) is 5.88 Å². The largest absolute Gasteiger partial charge is 0.477 e. The van der Waals surface area contributed by atoms with E-state index in [0.29, 0.717) is 18.1 Å². The molecule has 1 aromatic heterocycles. The van der Waals surface area contributed by atoms with Gasteiger partial charge in [-0.05, 0) is 50.1 Å². The van der Waals surface area contributed by atoms with Crippen LogP contribution in [0.2, 0.25) is 0 Å². The van der Waals surface area contributed by atoms with Gasteiger partial charge in [0.05, 0.1) is 6.61 Å². The van der Waals surface area contributed by atoms with Gasteiger partial charge < -0.3 is 15.0 Å². The predicted octanol–water partition coefficient (Wildman–Crippen LogP) is 3.12. The van der Waals surface area contributed by atoms with Gasteiger partial charge in [-0.3, -0.25) is 4.79 Å². The molecule has 1 N–H and O–H groups in total. The molecule has 0 aliphatic carbocycles. The summed E-state index contributed by atoms with van der Waals surface area (Å²) in [6, 6.07) is 9.54. The third kappa shape index (κ3) is 3.13. The van der Waals surface area contributed by atoms with E-state index in [9.17, 15) is 4.79 Å². The van der Waals surface area contributed by atoms with Crippen LogP contribution in [0, 0.1) is 0 Å². The number of hydrogen-bond donors (Lipinski definition) is 1. The number of nitrogens with one attached hydrogen (secondary N) is 1. The molecule has 0 atom stereocenters. The van der Waals surface area contributed by atoms with E-state index in [4.69, 9.17) is 4.74 Å². The first-order chi connectivity index (χ1) is 11.2. The number of hydrogen-bond acceptors (Lipinski definition) is 4. The number of carbonyl (C=O) groups is 1. The van der Waals surface area contributed by atoms with Crippen molar-refractivity contribution < 1.29 is 9.53 Å². The minimum absolute atomic E-state index is 0.206. The molecule has 1 aromatic carbocycles. The summed E-state index contributed by atoms with van der Waals surface area (Å²) in [5, 5.41) is 2.95. The summed E-state index contributed by atoms with van der Waals surface area (Å²) in [6.45, 7) is 6.50. The first-order valence-corrected chi connectivity index (χ1v) is 8.00. The second-order valence-electron chi connectivity index (χ2n) is 5.42. The lowest BCUT2D eigenvalue weighted by atomic mass is 10.1. The smallest absolute Gasteiger partial charge is 0.261 e. The average molecular weight is 311 g/mol. The maximum absolute atomic E-state index is 12.5. The minimum Gasteiger partial charge on any atom is -0.477 e. The molecule has 5 heteroatoms. The average Bonchev–Trinajstić information content (AvgIpc) is 2.98. The second-order valence-corrected chi connectivity index (χ2v) is 5.42. The molecule has 0 saturated carbocycles. The number of pyridine rings is 1. The molecule has 1 amide bonds. The van der Waals surface area contributed by atoms with Crippen molar-refractivity contribution in [1.82, 2.24) is 4.98 Å². The Hall–Kier alpha value is -2.56. The van der Waals surface area contributed by atoms with Crippen molar-refractivity contribution in [2.75, 3.05) is 29.9 Å². The molecular formula is C18H21N3O2. The normalized spacial score (nSPS) is 12.9. The van der Waals surface area contributed by atoms with Crippen LogP contribution in [0.4, 0.5) is 11.4 Å². The van der Waals surface area contributed by atoms with Gasteiger partial charge in [0, 0.05) is 30.7 Å². The summed E-state index contributed by atoms with van der Waals surface area (Å²) in [5.74, 6) is 0.159. The van der Waals surface area contributed by atoms with Gasteiger partial charge in [0.1, 0.15) is 5.56 Å². The van der Waals surface area contributed by atoms with E-state index in [1.54, 1.807) is 18.3 Å². The molecule has 0 radical (unpaired) electrons. The summed E-state index contributed by atoms with van der Waals surface area (Å²) in [5.41, 5.74) is 3.78. The summed E-state index contributed by atoms with van der Waals surface area (Å²) in [6.07, 6.45) is 2.69. The molecule has 0 spiro atoms. The van der Waals surface area contributed by atoms with E-state index in [1.165, 1.54) is 11.3 Å². The number of carbonyl (C=O) groups excluding carboxylic acids is 1. The van der Waals surface area contributed by atoms with Crippen molar-refractivity contribution in [1.29, 1.82) is 0 Å². The molecule has 1 aliphatic heterocycles. The van der Waals surface area contributed by atoms with E-state index >= 15 is 0 Å². The number of rotatable bonds is 5. The number of ether oxygens (including phenoxy) is 1. The SMILES string of the molecule is CCOc1ncccc1C(=O)Nc1ccc2c(c1)N(CC)CC2. The maximum atomic E-state index is 12.5. The molecule has 2 aromatic rings. The highest BCUT2D eigenvalue weighted by molar-refractivity contribution is 6.06. The number of aromatic nitrogens is 1. The number of nitrogens with zero attached hydrogens (tertiary/aromatic N) is 2. The van der Waals surface area contributed by atoms with Gasteiger partial charge >= 0.3 is 0 Å². The lowest BCUT2D eigenvalue weighted by Crippen LogP contribution is -2.19. The molecular weight excluding hydrogens is 290 g/mol. The van der Waals surface area contributed by atoms with Crippen molar-refractivity contribution in [2.24, 2.45) is 0 Å². The Balaban J connectivity index is 1.81. The van der Waals surface area contributed by atoms with Crippen LogP contribution in [0.15, 0.2) is 36.5 Å². The highest BCUT2D eigenvalue weighted by Crippen LogP contribution is 2.30. The Morgan fingerprint density at radius 1 is 1.35 bits per heavy atom. The van der Waals surface area contributed by atoms with Gasteiger partial charge in [0.2, 0.25) is 5.88 Å². The second kappa shape index (κ2) is 6.69. The fourth-order valence-corrected chi connectivity index (χ4v) is 2.87. The lowest BCUT2D eigenvalue weighted by molar-refractivity contribution is 0.102. The molecule has 3 rings (SSSR count). The van der Waals surface area contributed by atoms with Crippen LogP contribution in [0.3, 0.4) is 0 Å². The number of amides is 1. The summed E-state index contributed by atoms with van der Waals surface area (Å²) in [7, 11) is 0. The van der Waals surface area contributed by atoms with Crippen molar-refractivity contribution in [3.63, 3.8) is 0 Å². The quantitative estimate of drug-likeness (QED) is 0.922. The Bertz CT molecular complexity index is 715. The molecule has 23 heavy (non-hydrogen) atoms. The van der Waals surface area contributed by atoms with Crippen molar-refractivity contribution in [3.8, 4) is 5.88 Å². The molecule has 120 valence electrons. The van der Waals surface area contributed by atoms with E-state index in [-0.39, 0.29) is 5.91 Å². The molecule has 0 saturated heterocycles. The zero-order chi connectivity index (χ0) is 16.2. The van der Waals surface area contributed by atoms with Gasteiger partial charge in [-0.1, -0.05) is 6.07 Å². The van der Waals surface area contributed by atoms with Gasteiger partial charge in [0.25, 0.3) is 5.91 Å². The molecule has 0 unspecified atom stereocenters. The zero-order valence-corrected chi connectivity index (χ0v) is 13.5. The molecule has 1 aliphatic rings. The first-order valence-electron chi connectivity index (χ1n) is 8.00. The fourth-order valence-electron chi connectivity index (χ4n) is 2.87. The Kier molecular flexibility index (Phi) is 4.46. The Labute approximate surface area is 136 Å². The van der Waals surface area contributed by atoms with Gasteiger partial charge in [-0.25, -0.2) is 4.98 Å². The Morgan fingerprint density at radius 2 is 2.22 bits per heavy atom. The summed E-state index contributed by atoms with van der Waals surface area (Å²) >= 11 is 0. The molecule has 5 nitrogen and oxygen atoms in total. The van der Waals surface area contributed by atoms with E-state index in [1.807, 2.05) is 19.1 Å². The Morgan fingerprint density at radius 3 is 3.00 bits per heavy atom. The molecule has 0 bridgehead atoms. The lowest BCUT2D eigenvalue weighted by Gasteiger charge is -2.17. The minimum atomic E-state index is -0.206. The van der Waals surface area contributed by atoms with Crippen LogP contribution in [0.25, 0.3) is 0 Å². The number of likely N-dealkylation sites (N-methyl/N-ethyl adjacent to an activating group) is 1. The monoisotopic (exact) mass is 311 g/mol. The van der Waals surface area contributed by atoms with E-state index in [2.05, 4.69) is 28.2 Å². The highest BCUT2D eigenvalue weighted by atomic mass is 16.5. The van der Waals surface area contributed by atoms with Crippen LogP contribution in [-0.4, -0.2) is 30.6 Å².